The molecule has 0 heteroatoms. The molecule has 0 saturated heterocycles. The Balaban J connectivity index is 0.000000720. The molecule has 2 aliphatic rings. The van der Waals surface area contributed by atoms with E-state index in [1.807, 2.05) is 0 Å². The zero-order valence-corrected chi connectivity index (χ0v) is 7.32. The van der Waals surface area contributed by atoms with Crippen molar-refractivity contribution in [3.8, 4) is 0 Å². The van der Waals surface area contributed by atoms with Gasteiger partial charge in [-0.2, -0.15) is 0 Å². The molecular weight excluding hydrogens is 144 g/mol. The number of rotatable bonds is 0. The van der Waals surface area contributed by atoms with Crippen LogP contribution in [0.5, 0.6) is 0 Å². The molecule has 2 rings (SSSR count). The highest BCUT2D eigenvalue weighted by Crippen LogP contribution is 2.34. The molecule has 0 radical (unpaired) electrons. The van der Waals surface area contributed by atoms with Gasteiger partial charge in [-0.25, -0.2) is 0 Å². The Labute approximate surface area is 76.4 Å². The van der Waals surface area contributed by atoms with E-state index in [0.717, 1.165) is 0 Å². The van der Waals surface area contributed by atoms with Crippen LogP contribution in [0.1, 0.15) is 52.9 Å². The van der Waals surface area contributed by atoms with Crippen molar-refractivity contribution in [2.75, 3.05) is 0 Å². The van der Waals surface area contributed by atoms with Gasteiger partial charge in [-0.15, -0.1) is 0 Å². The van der Waals surface area contributed by atoms with Crippen molar-refractivity contribution < 1.29 is 0 Å². The van der Waals surface area contributed by atoms with Gasteiger partial charge >= 0.3 is 0 Å². The molecule has 2 aliphatic carbocycles. The molecule has 0 bridgehead atoms. The van der Waals surface area contributed by atoms with Crippen molar-refractivity contribution in [3.63, 3.8) is 0 Å². The zero-order valence-electron chi connectivity index (χ0n) is 7.32. The van der Waals surface area contributed by atoms with Gasteiger partial charge in [-0.05, 0) is 45.4 Å². The first-order valence-corrected chi connectivity index (χ1v) is 4.71. The largest absolute Gasteiger partial charge is 0.0812 e. The van der Waals surface area contributed by atoms with Crippen LogP contribution < -0.4 is 0 Å². The highest BCUT2D eigenvalue weighted by molar-refractivity contribution is 5.29. The van der Waals surface area contributed by atoms with E-state index < -0.39 is 0 Å². The minimum Gasteiger partial charge on any atom is -0.0812 e. The van der Waals surface area contributed by atoms with Crippen molar-refractivity contribution in [2.24, 2.45) is 0 Å². The zero-order chi connectivity index (χ0) is 7.68. The van der Waals surface area contributed by atoms with Crippen LogP contribution in [0.15, 0.2) is 22.8 Å². The Morgan fingerprint density at radius 3 is 2.50 bits per heavy atom. The van der Waals surface area contributed by atoms with Crippen LogP contribution in [0.25, 0.3) is 0 Å². The molecule has 0 fully saturated rings. The molecule has 0 aromatic rings. The molecule has 0 heterocycles. The summed E-state index contributed by atoms with van der Waals surface area (Å²) >= 11 is 0. The smallest absolute Gasteiger partial charge is 0.0108 e. The number of allylic oxidation sites excluding steroid dienone is 4. The average Bonchev–Trinajstić information content (AvgIpc) is 2.04. The number of hydrogen-bond acceptors (Lipinski definition) is 0. The van der Waals surface area contributed by atoms with E-state index >= 15 is 0 Å². The summed E-state index contributed by atoms with van der Waals surface area (Å²) in [5.41, 5.74) is 5.13. The molecule has 0 amide bonds. The lowest BCUT2D eigenvalue weighted by Gasteiger charge is -2.23. The van der Waals surface area contributed by atoms with E-state index in [1.54, 1.807) is 16.7 Å². The summed E-state index contributed by atoms with van der Waals surface area (Å²) in [6, 6.07) is 0. The van der Waals surface area contributed by atoms with Crippen molar-refractivity contribution >= 4 is 0 Å². The quantitative estimate of drug-likeness (QED) is 0.470. The maximum absolute atomic E-state index is 2.41. The summed E-state index contributed by atoms with van der Waals surface area (Å²) < 4.78 is 0. The fourth-order valence-electron chi connectivity index (χ4n) is 2.20. The molecule has 0 atom stereocenters. The fraction of sp³-hybridized carbons (Fsp3) is 0.667. The van der Waals surface area contributed by atoms with E-state index in [9.17, 15) is 0 Å². The normalized spacial score (nSPS) is 22.6. The van der Waals surface area contributed by atoms with Crippen LogP contribution in [0.3, 0.4) is 0 Å². The van der Waals surface area contributed by atoms with Gasteiger partial charge in [0.15, 0.2) is 0 Å². The third-order valence-electron chi connectivity index (χ3n) is 2.90. The summed E-state index contributed by atoms with van der Waals surface area (Å²) in [4.78, 5) is 0. The van der Waals surface area contributed by atoms with Crippen molar-refractivity contribution in [2.45, 2.75) is 52.9 Å². The van der Waals surface area contributed by atoms with Crippen LogP contribution >= 0.6 is 0 Å². The minimum absolute atomic E-state index is 0. The SMILES string of the molecule is C.CC1=CCC2=C(CCCC2)C1. The second-order valence-corrected chi connectivity index (χ2v) is 3.85. The fourth-order valence-corrected chi connectivity index (χ4v) is 2.20. The minimum atomic E-state index is 0. The van der Waals surface area contributed by atoms with E-state index in [2.05, 4.69) is 13.0 Å². The summed E-state index contributed by atoms with van der Waals surface area (Å²) in [5.74, 6) is 0. The second kappa shape index (κ2) is 3.93. The van der Waals surface area contributed by atoms with Gasteiger partial charge in [0, 0.05) is 0 Å². The maximum Gasteiger partial charge on any atom is -0.0108 e. The molecule has 0 unspecified atom stereocenters. The van der Waals surface area contributed by atoms with Gasteiger partial charge in [0.25, 0.3) is 0 Å². The maximum atomic E-state index is 2.41. The third kappa shape index (κ3) is 1.80. The molecule has 0 aromatic heterocycles. The molecule has 0 aromatic carbocycles. The van der Waals surface area contributed by atoms with Crippen LogP contribution in [0, 0.1) is 0 Å². The van der Waals surface area contributed by atoms with Gasteiger partial charge in [0.2, 0.25) is 0 Å². The average molecular weight is 164 g/mol. The second-order valence-electron chi connectivity index (χ2n) is 3.85. The molecule has 68 valence electrons. The summed E-state index contributed by atoms with van der Waals surface area (Å²) in [7, 11) is 0. The topological polar surface area (TPSA) is 0 Å². The molecule has 0 aliphatic heterocycles. The Bertz CT molecular complexity index is 218. The lowest BCUT2D eigenvalue weighted by Crippen LogP contribution is -2.03. The van der Waals surface area contributed by atoms with E-state index in [-0.39, 0.29) is 7.43 Å². The first-order chi connectivity index (χ1) is 5.36. The standard InChI is InChI=1S/C11H16.CH4/c1-9-6-7-10-4-2-3-5-11(10)8-9;/h6H,2-5,7-8H2,1H3;1H4. The van der Waals surface area contributed by atoms with Crippen LogP contribution in [0.2, 0.25) is 0 Å². The number of hydrogen-bond donors (Lipinski definition) is 0. The van der Waals surface area contributed by atoms with Gasteiger partial charge < -0.3 is 0 Å². The Hall–Kier alpha value is -0.520. The van der Waals surface area contributed by atoms with Crippen LogP contribution in [-0.4, -0.2) is 0 Å². The Morgan fingerprint density at radius 2 is 1.75 bits per heavy atom. The lowest BCUT2D eigenvalue weighted by molar-refractivity contribution is 0.640. The summed E-state index contributed by atoms with van der Waals surface area (Å²) in [6.07, 6.45) is 10.6. The van der Waals surface area contributed by atoms with Crippen molar-refractivity contribution in [3.05, 3.63) is 22.8 Å². The van der Waals surface area contributed by atoms with Gasteiger partial charge in [-0.1, -0.05) is 30.2 Å². The molecule has 12 heavy (non-hydrogen) atoms. The Morgan fingerprint density at radius 1 is 1.08 bits per heavy atom. The molecular formula is C12H20. The van der Waals surface area contributed by atoms with Crippen molar-refractivity contribution in [1.82, 2.24) is 0 Å². The highest BCUT2D eigenvalue weighted by Gasteiger charge is 2.14. The van der Waals surface area contributed by atoms with Crippen LogP contribution in [-0.2, 0) is 0 Å². The molecule has 0 N–H and O–H groups in total. The van der Waals surface area contributed by atoms with E-state index in [1.165, 1.54) is 38.5 Å². The molecule has 0 saturated carbocycles. The van der Waals surface area contributed by atoms with Gasteiger partial charge in [-0.3, -0.25) is 0 Å². The highest BCUT2D eigenvalue weighted by atomic mass is 14.2. The first kappa shape index (κ1) is 9.57. The molecule has 0 nitrogen and oxygen atoms in total. The van der Waals surface area contributed by atoms with Gasteiger partial charge in [0.05, 0.1) is 0 Å². The Kier molecular flexibility index (Phi) is 3.13. The summed E-state index contributed by atoms with van der Waals surface area (Å²) in [6.45, 7) is 2.26. The van der Waals surface area contributed by atoms with Crippen LogP contribution in [0.4, 0.5) is 0 Å². The van der Waals surface area contributed by atoms with Crippen molar-refractivity contribution in [1.29, 1.82) is 0 Å². The predicted octanol–water partition coefficient (Wildman–Crippen LogP) is 4.23. The van der Waals surface area contributed by atoms with Gasteiger partial charge in [0.1, 0.15) is 0 Å². The summed E-state index contributed by atoms with van der Waals surface area (Å²) in [5, 5.41) is 0. The van der Waals surface area contributed by atoms with E-state index in [4.69, 9.17) is 0 Å². The lowest BCUT2D eigenvalue weighted by atomic mass is 9.83. The monoisotopic (exact) mass is 164 g/mol. The third-order valence-corrected chi connectivity index (χ3v) is 2.90. The van der Waals surface area contributed by atoms with E-state index in [0.29, 0.717) is 0 Å². The predicted molar refractivity (Wildman–Crippen MR) is 55.2 cm³/mol. The molecule has 0 spiro atoms. The first-order valence-electron chi connectivity index (χ1n) is 4.71.